The minimum Gasteiger partial charge on any atom is -0.383 e. The summed E-state index contributed by atoms with van der Waals surface area (Å²) < 4.78 is 5.23. The Morgan fingerprint density at radius 1 is 1.19 bits per heavy atom. The van der Waals surface area contributed by atoms with E-state index in [2.05, 4.69) is 27.9 Å². The molecule has 8 heteroatoms. The van der Waals surface area contributed by atoms with Gasteiger partial charge in [-0.05, 0) is 63.6 Å². The number of methoxy groups -OCH3 is 1. The summed E-state index contributed by atoms with van der Waals surface area (Å²) in [5, 5.41) is 11.2. The lowest BCUT2D eigenvalue weighted by Gasteiger charge is -2.31. The largest absolute Gasteiger partial charge is 0.383 e. The Kier molecular flexibility index (Phi) is 7.51. The zero-order chi connectivity index (χ0) is 22.6. The topological polar surface area (TPSA) is 97.1 Å². The van der Waals surface area contributed by atoms with Crippen LogP contribution in [0.4, 0.5) is 11.6 Å². The molecule has 7 nitrogen and oxygen atoms in total. The van der Waals surface area contributed by atoms with Crippen molar-refractivity contribution in [3.63, 3.8) is 0 Å². The van der Waals surface area contributed by atoms with E-state index in [9.17, 15) is 0 Å². The fraction of sp³-hybridized carbons (Fsp3) is 0.583. The molecule has 0 spiro atoms. The first kappa shape index (κ1) is 23.2. The van der Waals surface area contributed by atoms with Crippen LogP contribution < -0.4 is 21.7 Å². The van der Waals surface area contributed by atoms with Gasteiger partial charge in [0, 0.05) is 49.1 Å². The van der Waals surface area contributed by atoms with E-state index < -0.39 is 0 Å². The van der Waals surface area contributed by atoms with Gasteiger partial charge in [0.25, 0.3) is 0 Å². The summed E-state index contributed by atoms with van der Waals surface area (Å²) in [5.41, 5.74) is 7.82. The summed E-state index contributed by atoms with van der Waals surface area (Å²) in [7, 11) is 1.75. The lowest BCUT2D eigenvalue weighted by atomic mass is 9.90. The van der Waals surface area contributed by atoms with E-state index in [-0.39, 0.29) is 5.54 Å². The van der Waals surface area contributed by atoms with Crippen molar-refractivity contribution >= 4 is 23.2 Å². The van der Waals surface area contributed by atoms with Gasteiger partial charge in [0.05, 0.1) is 17.3 Å². The van der Waals surface area contributed by atoms with Crippen LogP contribution in [0.5, 0.6) is 0 Å². The Hall–Kier alpha value is -1.93. The summed E-state index contributed by atoms with van der Waals surface area (Å²) in [4.78, 5) is 9.26. The molecule has 1 atom stereocenters. The number of anilines is 2. The molecule has 0 amide bonds. The van der Waals surface area contributed by atoms with Gasteiger partial charge in [-0.1, -0.05) is 17.7 Å². The van der Waals surface area contributed by atoms with Crippen molar-refractivity contribution in [1.82, 2.24) is 15.3 Å². The second-order valence-corrected chi connectivity index (χ2v) is 9.80. The molecule has 2 aromatic heterocycles. The molecule has 0 aliphatic heterocycles. The average molecular weight is 459 g/mol. The molecule has 0 radical (unpaired) electrons. The number of halogens is 1. The predicted molar refractivity (Wildman–Crippen MR) is 131 cm³/mol. The van der Waals surface area contributed by atoms with Crippen LogP contribution in [0.1, 0.15) is 45.4 Å². The highest BCUT2D eigenvalue weighted by Gasteiger charge is 2.37. The first-order valence-corrected chi connectivity index (χ1v) is 12.0. The van der Waals surface area contributed by atoms with Crippen molar-refractivity contribution in [3.05, 3.63) is 35.5 Å². The molecule has 2 heterocycles. The number of rotatable bonds is 10. The van der Waals surface area contributed by atoms with E-state index in [1.807, 2.05) is 24.3 Å². The summed E-state index contributed by atoms with van der Waals surface area (Å²) in [6.07, 6.45) is 8.34. The Bertz CT molecular complexity index is 898. The second-order valence-electron chi connectivity index (χ2n) is 9.39. The van der Waals surface area contributed by atoms with E-state index in [4.69, 9.17) is 27.1 Å². The van der Waals surface area contributed by atoms with Crippen molar-refractivity contribution in [1.29, 1.82) is 0 Å². The maximum absolute atomic E-state index is 6.49. The zero-order valence-corrected chi connectivity index (χ0v) is 19.8. The highest BCUT2D eigenvalue weighted by molar-refractivity contribution is 6.33. The maximum atomic E-state index is 6.49. The van der Waals surface area contributed by atoms with Crippen molar-refractivity contribution in [2.75, 3.05) is 30.9 Å². The predicted octanol–water partition coefficient (Wildman–Crippen LogP) is 4.05. The third-order valence-corrected chi connectivity index (χ3v) is 6.71. The summed E-state index contributed by atoms with van der Waals surface area (Å²) in [5.74, 6) is 1.66. The monoisotopic (exact) mass is 458 g/mol. The van der Waals surface area contributed by atoms with Crippen LogP contribution in [0.15, 0.2) is 30.5 Å². The van der Waals surface area contributed by atoms with Gasteiger partial charge in [-0.25, -0.2) is 9.97 Å². The van der Waals surface area contributed by atoms with Gasteiger partial charge in [0.1, 0.15) is 11.6 Å². The van der Waals surface area contributed by atoms with Crippen molar-refractivity contribution in [2.24, 2.45) is 5.73 Å². The fourth-order valence-electron chi connectivity index (χ4n) is 4.32. The molecule has 5 N–H and O–H groups in total. The molecule has 174 valence electrons. The van der Waals surface area contributed by atoms with E-state index in [1.54, 1.807) is 13.3 Å². The molecule has 2 fully saturated rings. The van der Waals surface area contributed by atoms with Crippen LogP contribution in [0.2, 0.25) is 5.02 Å². The number of aromatic nitrogens is 2. The summed E-state index contributed by atoms with van der Waals surface area (Å²) >= 11 is 6.49. The third-order valence-electron chi connectivity index (χ3n) is 6.41. The number of nitrogens with zero attached hydrogens (tertiary/aromatic N) is 2. The normalized spacial score (nSPS) is 22.9. The van der Waals surface area contributed by atoms with Crippen LogP contribution >= 0.6 is 11.6 Å². The molecule has 0 unspecified atom stereocenters. The quantitative estimate of drug-likeness (QED) is 0.426. The minimum absolute atomic E-state index is 0.0700. The van der Waals surface area contributed by atoms with Crippen molar-refractivity contribution < 1.29 is 4.74 Å². The molecular formula is C24H35ClN6O. The van der Waals surface area contributed by atoms with Gasteiger partial charge in [0.15, 0.2) is 0 Å². The van der Waals surface area contributed by atoms with Crippen LogP contribution in [-0.2, 0) is 4.74 Å². The number of nitrogens with one attached hydrogen (secondary N) is 3. The van der Waals surface area contributed by atoms with E-state index in [0.717, 1.165) is 74.6 Å². The Labute approximate surface area is 195 Å². The molecule has 32 heavy (non-hydrogen) atoms. The number of ether oxygens (including phenoxy) is 1. The fourth-order valence-corrected chi connectivity index (χ4v) is 4.52. The Morgan fingerprint density at radius 2 is 1.94 bits per heavy atom. The Morgan fingerprint density at radius 3 is 2.66 bits per heavy atom. The molecule has 0 saturated heterocycles. The average Bonchev–Trinajstić information content (AvgIpc) is 3.53. The molecule has 2 aromatic rings. The first-order valence-electron chi connectivity index (χ1n) is 11.6. The Balaban J connectivity index is 1.36. The van der Waals surface area contributed by atoms with Crippen molar-refractivity contribution in [2.45, 2.75) is 69.1 Å². The standard InChI is InChI=1S/C24H35ClN6O/c1-16(14-32-2)29-17-6-8-18(9-7-17)30-23-12-19(20(25)13-27-23)21-4-3-5-22(31-21)28-15-24(26)10-11-24/h3-5,12-13,16-18,29H,6-11,14-15,26H2,1-2H3,(H,27,30)(H,28,31)/t16-,17-,18-/m1/s1. The van der Waals surface area contributed by atoms with Crippen LogP contribution in [0, 0.1) is 0 Å². The van der Waals surface area contributed by atoms with Crippen LogP contribution in [0.3, 0.4) is 0 Å². The van der Waals surface area contributed by atoms with Crippen LogP contribution in [-0.4, -0.2) is 53.9 Å². The highest BCUT2D eigenvalue weighted by atomic mass is 35.5. The van der Waals surface area contributed by atoms with Gasteiger partial charge >= 0.3 is 0 Å². The van der Waals surface area contributed by atoms with E-state index in [0.29, 0.717) is 23.1 Å². The summed E-state index contributed by atoms with van der Waals surface area (Å²) in [6, 6.07) is 9.27. The zero-order valence-electron chi connectivity index (χ0n) is 19.0. The van der Waals surface area contributed by atoms with E-state index in [1.165, 1.54) is 0 Å². The van der Waals surface area contributed by atoms with Gasteiger partial charge in [0.2, 0.25) is 0 Å². The molecule has 2 aliphatic rings. The van der Waals surface area contributed by atoms with Gasteiger partial charge < -0.3 is 26.4 Å². The van der Waals surface area contributed by atoms with Gasteiger partial charge in [-0.15, -0.1) is 0 Å². The lowest BCUT2D eigenvalue weighted by molar-refractivity contribution is 0.161. The van der Waals surface area contributed by atoms with Crippen LogP contribution in [0.25, 0.3) is 11.3 Å². The highest BCUT2D eigenvalue weighted by Crippen LogP contribution is 2.33. The second kappa shape index (κ2) is 10.3. The molecule has 0 bridgehead atoms. The van der Waals surface area contributed by atoms with E-state index >= 15 is 0 Å². The number of pyridine rings is 2. The molecule has 2 saturated carbocycles. The first-order chi connectivity index (χ1) is 15.4. The van der Waals surface area contributed by atoms with Gasteiger partial charge in [-0.2, -0.15) is 0 Å². The molecular weight excluding hydrogens is 424 g/mol. The van der Waals surface area contributed by atoms with Crippen molar-refractivity contribution in [3.8, 4) is 11.3 Å². The SMILES string of the molecule is COC[C@@H](C)N[C@H]1CC[C@H](Nc2cc(-c3cccc(NCC4(N)CC4)n3)c(Cl)cn2)CC1. The third kappa shape index (κ3) is 6.32. The van der Waals surface area contributed by atoms with Gasteiger partial charge in [-0.3, -0.25) is 0 Å². The molecule has 4 rings (SSSR count). The summed E-state index contributed by atoms with van der Waals surface area (Å²) in [6.45, 7) is 3.65. The lowest BCUT2D eigenvalue weighted by Crippen LogP contribution is -2.42. The number of nitrogens with two attached hydrogens (primary N) is 1. The minimum atomic E-state index is -0.0700. The molecule has 0 aromatic carbocycles. The smallest absolute Gasteiger partial charge is 0.126 e. The number of hydrogen-bond donors (Lipinski definition) is 4. The number of hydrogen-bond acceptors (Lipinski definition) is 7. The molecule has 2 aliphatic carbocycles. The maximum Gasteiger partial charge on any atom is 0.126 e.